The van der Waals surface area contributed by atoms with E-state index in [0.717, 1.165) is 5.56 Å². The Kier molecular flexibility index (Phi) is 4.18. The largest absolute Gasteiger partial charge is 0.480 e. The maximum absolute atomic E-state index is 12.1. The number of ether oxygens (including phenoxy) is 1. The third kappa shape index (κ3) is 3.04. The van der Waals surface area contributed by atoms with Crippen molar-refractivity contribution in [1.82, 2.24) is 5.32 Å². The van der Waals surface area contributed by atoms with Gasteiger partial charge in [-0.15, -0.1) is 0 Å². The van der Waals surface area contributed by atoms with Gasteiger partial charge in [-0.2, -0.15) is 0 Å². The summed E-state index contributed by atoms with van der Waals surface area (Å²) in [5, 5.41) is 12.2. The summed E-state index contributed by atoms with van der Waals surface area (Å²) in [7, 11) is 0. The van der Waals surface area contributed by atoms with E-state index in [4.69, 9.17) is 21.4 Å². The van der Waals surface area contributed by atoms with Gasteiger partial charge in [0.05, 0.1) is 0 Å². The zero-order chi connectivity index (χ0) is 14.9. The minimum atomic E-state index is -1.05. The summed E-state index contributed by atoms with van der Waals surface area (Å²) < 4.78 is 5.52. The quantitative estimate of drug-likeness (QED) is 0.889. The second-order valence-electron chi connectivity index (χ2n) is 5.13. The first-order chi connectivity index (χ1) is 9.38. The highest BCUT2D eigenvalue weighted by Gasteiger charge is 2.32. The van der Waals surface area contributed by atoms with Crippen molar-refractivity contribution >= 4 is 23.5 Å². The lowest BCUT2D eigenvalue weighted by Crippen LogP contribution is -2.49. The Morgan fingerprint density at radius 1 is 1.45 bits per heavy atom. The van der Waals surface area contributed by atoms with Crippen molar-refractivity contribution in [1.29, 1.82) is 0 Å². The van der Waals surface area contributed by atoms with Gasteiger partial charge >= 0.3 is 5.97 Å². The average molecular weight is 298 g/mol. The number of benzene rings is 1. The molecule has 2 atom stereocenters. The van der Waals surface area contributed by atoms with Gasteiger partial charge in [-0.1, -0.05) is 25.4 Å². The van der Waals surface area contributed by atoms with E-state index in [1.807, 2.05) is 0 Å². The van der Waals surface area contributed by atoms with Crippen molar-refractivity contribution in [3.05, 3.63) is 28.8 Å². The molecule has 1 heterocycles. The first kappa shape index (κ1) is 14.7. The number of aliphatic carboxylic acids is 1. The van der Waals surface area contributed by atoms with Crippen molar-refractivity contribution in [2.45, 2.75) is 32.4 Å². The van der Waals surface area contributed by atoms with Crippen molar-refractivity contribution in [2.24, 2.45) is 5.92 Å². The number of hydrogen-bond acceptors (Lipinski definition) is 3. The fourth-order valence-electron chi connectivity index (χ4n) is 2.12. The maximum Gasteiger partial charge on any atom is 0.326 e. The Morgan fingerprint density at radius 3 is 2.75 bits per heavy atom. The minimum absolute atomic E-state index is 0.199. The topological polar surface area (TPSA) is 75.6 Å². The van der Waals surface area contributed by atoms with E-state index in [0.29, 0.717) is 17.2 Å². The molecule has 5 nitrogen and oxygen atoms in total. The summed E-state index contributed by atoms with van der Waals surface area (Å²) in [5.74, 6) is -1.05. The molecule has 0 radical (unpaired) electrons. The summed E-state index contributed by atoms with van der Waals surface area (Å²) in [6.45, 7) is 3.48. The van der Waals surface area contributed by atoms with Gasteiger partial charge in [0.2, 0.25) is 0 Å². The molecule has 0 bridgehead atoms. The molecule has 0 aliphatic carbocycles. The molecule has 6 heteroatoms. The van der Waals surface area contributed by atoms with Crippen LogP contribution >= 0.6 is 11.6 Å². The summed E-state index contributed by atoms with van der Waals surface area (Å²) in [5.41, 5.74) is 0.856. The number of hydrogen-bond donors (Lipinski definition) is 2. The molecule has 0 saturated carbocycles. The number of amides is 1. The molecule has 1 aliphatic rings. The Bertz CT molecular complexity index is 544. The fourth-order valence-corrected chi connectivity index (χ4v) is 2.32. The molecular weight excluding hydrogens is 282 g/mol. The first-order valence-electron chi connectivity index (χ1n) is 6.36. The predicted molar refractivity (Wildman–Crippen MR) is 74.0 cm³/mol. The summed E-state index contributed by atoms with van der Waals surface area (Å²) in [6, 6.07) is 4.23. The van der Waals surface area contributed by atoms with Crippen LogP contribution < -0.4 is 10.1 Å². The van der Waals surface area contributed by atoms with Crippen LogP contribution in [-0.4, -0.2) is 29.1 Å². The third-order valence-corrected chi connectivity index (χ3v) is 3.46. The number of fused-ring (bicyclic) bond motifs is 1. The van der Waals surface area contributed by atoms with E-state index in [-0.39, 0.29) is 5.92 Å². The lowest BCUT2D eigenvalue weighted by molar-refractivity contribution is -0.144. The molecular formula is C14H16ClNO4. The smallest absolute Gasteiger partial charge is 0.326 e. The van der Waals surface area contributed by atoms with E-state index < -0.39 is 24.0 Å². The molecule has 1 aromatic carbocycles. The SMILES string of the molecule is CC(C)C(NC(=O)C1Cc2cc(Cl)ccc2O1)C(=O)O. The van der Waals surface area contributed by atoms with Gasteiger partial charge in [0, 0.05) is 11.4 Å². The zero-order valence-corrected chi connectivity index (χ0v) is 12.0. The maximum atomic E-state index is 12.1. The normalized spacial score (nSPS) is 18.3. The van der Waals surface area contributed by atoms with Gasteiger partial charge in [-0.05, 0) is 29.7 Å². The number of carboxylic acids is 1. The van der Waals surface area contributed by atoms with Crippen LogP contribution in [0.15, 0.2) is 18.2 Å². The highest BCUT2D eigenvalue weighted by Crippen LogP contribution is 2.31. The standard InChI is InChI=1S/C14H16ClNO4/c1-7(2)12(14(18)19)16-13(17)11-6-8-5-9(15)3-4-10(8)20-11/h3-5,7,11-12H,6H2,1-2H3,(H,16,17)(H,18,19). The number of carboxylic acid groups (broad SMARTS) is 1. The van der Waals surface area contributed by atoms with Crippen LogP contribution in [0, 0.1) is 5.92 Å². The molecule has 0 aromatic heterocycles. The molecule has 1 aliphatic heterocycles. The second-order valence-corrected chi connectivity index (χ2v) is 5.57. The van der Waals surface area contributed by atoms with E-state index in [2.05, 4.69) is 5.32 Å². The Labute approximate surface area is 121 Å². The molecule has 20 heavy (non-hydrogen) atoms. The lowest BCUT2D eigenvalue weighted by Gasteiger charge is -2.20. The van der Waals surface area contributed by atoms with Gasteiger partial charge < -0.3 is 15.2 Å². The highest BCUT2D eigenvalue weighted by atomic mass is 35.5. The van der Waals surface area contributed by atoms with Crippen LogP contribution in [0.25, 0.3) is 0 Å². The van der Waals surface area contributed by atoms with Crippen LogP contribution in [0.4, 0.5) is 0 Å². The average Bonchev–Trinajstić information content (AvgIpc) is 2.77. The van der Waals surface area contributed by atoms with Gasteiger partial charge in [-0.3, -0.25) is 4.79 Å². The fraction of sp³-hybridized carbons (Fsp3) is 0.429. The molecule has 0 saturated heterocycles. The summed E-state index contributed by atoms with van der Waals surface area (Å²) in [6.07, 6.45) is -0.310. The number of carbonyl (C=O) groups excluding carboxylic acids is 1. The van der Waals surface area contributed by atoms with Crippen LogP contribution in [0.3, 0.4) is 0 Å². The van der Waals surface area contributed by atoms with Gasteiger partial charge in [0.1, 0.15) is 11.8 Å². The van der Waals surface area contributed by atoms with E-state index in [1.54, 1.807) is 32.0 Å². The molecule has 0 spiro atoms. The minimum Gasteiger partial charge on any atom is -0.480 e. The van der Waals surface area contributed by atoms with Gasteiger partial charge in [0.15, 0.2) is 6.10 Å². The molecule has 2 unspecified atom stereocenters. The third-order valence-electron chi connectivity index (χ3n) is 3.22. The van der Waals surface area contributed by atoms with Crippen LogP contribution in [0.5, 0.6) is 5.75 Å². The Morgan fingerprint density at radius 2 is 2.15 bits per heavy atom. The van der Waals surface area contributed by atoms with Crippen molar-refractivity contribution in [2.75, 3.05) is 0 Å². The van der Waals surface area contributed by atoms with Crippen LogP contribution in [-0.2, 0) is 16.0 Å². The number of halogens is 1. The second kappa shape index (κ2) is 5.71. The Hall–Kier alpha value is -1.75. The molecule has 108 valence electrons. The summed E-state index contributed by atoms with van der Waals surface area (Å²) >= 11 is 5.88. The molecule has 2 N–H and O–H groups in total. The monoisotopic (exact) mass is 297 g/mol. The number of rotatable bonds is 4. The van der Waals surface area contributed by atoms with E-state index in [9.17, 15) is 9.59 Å². The molecule has 2 rings (SSSR count). The summed E-state index contributed by atoms with van der Waals surface area (Å²) in [4.78, 5) is 23.2. The van der Waals surface area contributed by atoms with E-state index >= 15 is 0 Å². The highest BCUT2D eigenvalue weighted by molar-refractivity contribution is 6.30. The molecule has 1 aromatic rings. The predicted octanol–water partition coefficient (Wildman–Crippen LogP) is 1.87. The van der Waals surface area contributed by atoms with Crippen molar-refractivity contribution in [3.63, 3.8) is 0 Å². The van der Waals surface area contributed by atoms with Crippen LogP contribution in [0.1, 0.15) is 19.4 Å². The van der Waals surface area contributed by atoms with Gasteiger partial charge in [0.25, 0.3) is 5.91 Å². The lowest BCUT2D eigenvalue weighted by atomic mass is 10.0. The number of nitrogens with one attached hydrogen (secondary N) is 1. The Balaban J connectivity index is 2.04. The van der Waals surface area contributed by atoms with Crippen molar-refractivity contribution < 1.29 is 19.4 Å². The van der Waals surface area contributed by atoms with Crippen molar-refractivity contribution in [3.8, 4) is 5.75 Å². The van der Waals surface area contributed by atoms with Crippen LogP contribution in [0.2, 0.25) is 5.02 Å². The first-order valence-corrected chi connectivity index (χ1v) is 6.74. The molecule has 1 amide bonds. The van der Waals surface area contributed by atoms with E-state index in [1.165, 1.54) is 0 Å². The van der Waals surface area contributed by atoms with Gasteiger partial charge in [-0.25, -0.2) is 4.79 Å². The molecule has 0 fully saturated rings. The number of carbonyl (C=O) groups is 2. The zero-order valence-electron chi connectivity index (χ0n) is 11.2.